The molecule has 5 rings (SSSR count). The van der Waals surface area contributed by atoms with E-state index in [2.05, 4.69) is 38.7 Å². The Hall–Kier alpha value is -1.94. The summed E-state index contributed by atoms with van der Waals surface area (Å²) in [5.41, 5.74) is 2.40. The normalized spacial score (nSPS) is 25.5. The van der Waals surface area contributed by atoms with Crippen molar-refractivity contribution in [3.63, 3.8) is 0 Å². The highest BCUT2D eigenvalue weighted by Crippen LogP contribution is 2.36. The van der Waals surface area contributed by atoms with Crippen LogP contribution in [0.2, 0.25) is 5.02 Å². The molecule has 2 aromatic rings. The van der Waals surface area contributed by atoms with Gasteiger partial charge in [0, 0.05) is 75.7 Å². The molecule has 8 nitrogen and oxygen atoms in total. The van der Waals surface area contributed by atoms with Crippen molar-refractivity contribution in [2.24, 2.45) is 11.8 Å². The molecule has 1 N–H and O–H groups in total. The summed E-state index contributed by atoms with van der Waals surface area (Å²) in [4.78, 5) is 19.7. The number of hydrogen-bond donors (Lipinski definition) is 1. The lowest BCUT2D eigenvalue weighted by atomic mass is 10.0. The largest absolute Gasteiger partial charge is 0.381 e. The lowest BCUT2D eigenvalue weighted by molar-refractivity contribution is 0.0968. The minimum Gasteiger partial charge on any atom is -0.381 e. The molecular weight excluding hydrogens is 460 g/mol. The molecule has 3 saturated heterocycles. The highest BCUT2D eigenvalue weighted by atomic mass is 35.5. The standard InChI is InChI=1S/C23H31ClN6O2S/c1-16-10-27(7-8-29(16)23(31)30-6-5-22(25-30)26-33-2)11-17-3-4-20(24)21(9-17)28-12-18-14-32-15-19(18)13-28/h3-6,9,16,18-19H,7-8,10-15H2,1-2H3,(H,25,26). The molecule has 3 aliphatic rings. The van der Waals surface area contributed by atoms with E-state index in [1.165, 1.54) is 22.2 Å². The van der Waals surface area contributed by atoms with Crippen LogP contribution in [0.5, 0.6) is 0 Å². The second-order valence-corrected chi connectivity index (χ2v) is 10.3. The average Bonchev–Trinajstić information content (AvgIpc) is 3.52. The number of aromatic nitrogens is 2. The van der Waals surface area contributed by atoms with Crippen LogP contribution in [0.15, 0.2) is 30.5 Å². The van der Waals surface area contributed by atoms with E-state index in [-0.39, 0.29) is 12.1 Å². The molecule has 4 heterocycles. The first kappa shape index (κ1) is 22.8. The van der Waals surface area contributed by atoms with Crippen LogP contribution in [-0.2, 0) is 11.3 Å². The average molecular weight is 491 g/mol. The van der Waals surface area contributed by atoms with Crippen LogP contribution in [0.3, 0.4) is 0 Å². The maximum Gasteiger partial charge on any atom is 0.345 e. The van der Waals surface area contributed by atoms with E-state index in [4.69, 9.17) is 16.3 Å². The van der Waals surface area contributed by atoms with Gasteiger partial charge in [0.1, 0.15) is 0 Å². The number of amides is 1. The van der Waals surface area contributed by atoms with Crippen molar-refractivity contribution in [1.29, 1.82) is 0 Å². The first-order valence-corrected chi connectivity index (χ1v) is 13.1. The molecular formula is C23H31ClN6O2S. The summed E-state index contributed by atoms with van der Waals surface area (Å²) in [7, 11) is 0. The summed E-state index contributed by atoms with van der Waals surface area (Å²) in [5, 5.41) is 5.15. The Morgan fingerprint density at radius 1 is 1.21 bits per heavy atom. The number of benzene rings is 1. The van der Waals surface area contributed by atoms with E-state index < -0.39 is 0 Å². The van der Waals surface area contributed by atoms with Gasteiger partial charge in [-0.15, -0.1) is 5.10 Å². The molecule has 33 heavy (non-hydrogen) atoms. The summed E-state index contributed by atoms with van der Waals surface area (Å²) >= 11 is 8.04. The van der Waals surface area contributed by atoms with Crippen LogP contribution >= 0.6 is 23.5 Å². The fraction of sp³-hybridized carbons (Fsp3) is 0.565. The molecule has 10 heteroatoms. The third kappa shape index (κ3) is 4.82. The van der Waals surface area contributed by atoms with Crippen LogP contribution in [0, 0.1) is 11.8 Å². The van der Waals surface area contributed by atoms with Gasteiger partial charge in [-0.2, -0.15) is 4.68 Å². The van der Waals surface area contributed by atoms with Gasteiger partial charge >= 0.3 is 6.03 Å². The number of nitrogens with zero attached hydrogens (tertiary/aromatic N) is 5. The second kappa shape index (κ2) is 9.74. The Labute approximate surface area is 204 Å². The van der Waals surface area contributed by atoms with Gasteiger partial charge in [-0.05, 0) is 24.6 Å². The summed E-state index contributed by atoms with van der Waals surface area (Å²) < 4.78 is 10.1. The molecule has 1 aromatic carbocycles. The van der Waals surface area contributed by atoms with Crippen molar-refractivity contribution in [2.45, 2.75) is 19.5 Å². The predicted molar refractivity (Wildman–Crippen MR) is 133 cm³/mol. The van der Waals surface area contributed by atoms with E-state index in [9.17, 15) is 4.79 Å². The van der Waals surface area contributed by atoms with Crippen LogP contribution < -0.4 is 9.62 Å². The van der Waals surface area contributed by atoms with Gasteiger partial charge in [-0.25, -0.2) is 4.79 Å². The molecule has 0 aliphatic carbocycles. The second-order valence-electron chi connectivity index (χ2n) is 9.26. The molecule has 1 amide bonds. The van der Waals surface area contributed by atoms with Crippen molar-refractivity contribution < 1.29 is 9.53 Å². The summed E-state index contributed by atoms with van der Waals surface area (Å²) in [6, 6.07) is 8.24. The molecule has 0 spiro atoms. The lowest BCUT2D eigenvalue weighted by Crippen LogP contribution is -2.54. The Kier molecular flexibility index (Phi) is 6.74. The van der Waals surface area contributed by atoms with Crippen molar-refractivity contribution >= 4 is 41.1 Å². The SMILES string of the molecule is CSNc1ccn(C(=O)N2CCN(Cc3ccc(Cl)c(N4CC5COCC5C4)c3)CC2C)n1. The van der Waals surface area contributed by atoms with Crippen LogP contribution in [-0.4, -0.2) is 83.8 Å². The van der Waals surface area contributed by atoms with E-state index in [1.807, 2.05) is 23.3 Å². The minimum absolute atomic E-state index is 0.0753. The molecule has 1 aromatic heterocycles. The number of hydrogen-bond acceptors (Lipinski definition) is 7. The van der Waals surface area contributed by atoms with Gasteiger partial charge in [0.2, 0.25) is 0 Å². The van der Waals surface area contributed by atoms with Crippen LogP contribution in [0.25, 0.3) is 0 Å². The van der Waals surface area contributed by atoms with Gasteiger partial charge < -0.3 is 19.3 Å². The Bertz CT molecular complexity index is 991. The van der Waals surface area contributed by atoms with Gasteiger partial charge in [-0.1, -0.05) is 29.6 Å². The summed E-state index contributed by atoms with van der Waals surface area (Å²) in [6.07, 6.45) is 3.64. The molecule has 3 unspecified atom stereocenters. The number of piperazine rings is 1. The fourth-order valence-electron chi connectivity index (χ4n) is 5.22. The smallest absolute Gasteiger partial charge is 0.345 e. The maximum atomic E-state index is 12.9. The fourth-order valence-corrected chi connectivity index (χ4v) is 5.78. The molecule has 178 valence electrons. The van der Waals surface area contributed by atoms with Gasteiger partial charge in [0.25, 0.3) is 0 Å². The Morgan fingerprint density at radius 2 is 2.00 bits per heavy atom. The number of ether oxygens (including phenoxy) is 1. The summed E-state index contributed by atoms with van der Waals surface area (Å²) in [6.45, 7) is 9.07. The molecule has 0 bridgehead atoms. The highest BCUT2D eigenvalue weighted by molar-refractivity contribution is 7.99. The van der Waals surface area contributed by atoms with Crippen molar-refractivity contribution in [3.8, 4) is 0 Å². The maximum absolute atomic E-state index is 12.9. The molecule has 0 radical (unpaired) electrons. The van der Waals surface area contributed by atoms with E-state index >= 15 is 0 Å². The third-order valence-corrected chi connectivity index (χ3v) is 7.68. The number of rotatable bonds is 5. The van der Waals surface area contributed by atoms with Crippen molar-refractivity contribution in [1.82, 2.24) is 19.6 Å². The predicted octanol–water partition coefficient (Wildman–Crippen LogP) is 3.48. The third-order valence-electron chi connectivity index (χ3n) is 6.95. The number of anilines is 2. The molecule has 3 fully saturated rings. The van der Waals surface area contributed by atoms with Gasteiger partial charge in [-0.3, -0.25) is 4.90 Å². The first-order valence-electron chi connectivity index (χ1n) is 11.5. The zero-order valence-corrected chi connectivity index (χ0v) is 20.7. The zero-order valence-electron chi connectivity index (χ0n) is 19.1. The topological polar surface area (TPSA) is 65.9 Å². The zero-order chi connectivity index (χ0) is 22.9. The minimum atomic E-state index is -0.0753. The number of carbonyl (C=O) groups is 1. The molecule has 3 atom stereocenters. The number of fused-ring (bicyclic) bond motifs is 1. The Morgan fingerprint density at radius 3 is 2.73 bits per heavy atom. The quantitative estimate of drug-likeness (QED) is 0.643. The van der Waals surface area contributed by atoms with Crippen LogP contribution in [0.4, 0.5) is 16.3 Å². The van der Waals surface area contributed by atoms with Gasteiger partial charge in [0.05, 0.1) is 23.9 Å². The summed E-state index contributed by atoms with van der Waals surface area (Å²) in [5.74, 6) is 1.94. The Balaban J connectivity index is 1.20. The lowest BCUT2D eigenvalue weighted by Gasteiger charge is -2.39. The first-order chi connectivity index (χ1) is 16.0. The van der Waals surface area contributed by atoms with E-state index in [0.29, 0.717) is 24.2 Å². The number of halogens is 1. The number of carbonyl (C=O) groups excluding carboxylic acids is 1. The van der Waals surface area contributed by atoms with E-state index in [1.54, 1.807) is 6.20 Å². The van der Waals surface area contributed by atoms with Gasteiger partial charge in [0.15, 0.2) is 5.82 Å². The van der Waals surface area contributed by atoms with Crippen molar-refractivity contribution in [3.05, 3.63) is 41.0 Å². The monoisotopic (exact) mass is 490 g/mol. The highest BCUT2D eigenvalue weighted by Gasteiger charge is 2.38. The molecule has 0 saturated carbocycles. The molecule has 3 aliphatic heterocycles. The van der Waals surface area contributed by atoms with Crippen molar-refractivity contribution in [2.75, 3.05) is 61.8 Å². The van der Waals surface area contributed by atoms with E-state index in [0.717, 1.165) is 56.6 Å². The number of nitrogens with one attached hydrogen (secondary N) is 1. The van der Waals surface area contributed by atoms with Crippen LogP contribution in [0.1, 0.15) is 12.5 Å².